The molecule has 8 nitrogen and oxygen atoms in total. The van der Waals surface area contributed by atoms with Gasteiger partial charge in [0.2, 0.25) is 5.91 Å². The van der Waals surface area contributed by atoms with Crippen molar-refractivity contribution >= 4 is 13.7 Å². The van der Waals surface area contributed by atoms with Crippen LogP contribution in [0.25, 0.3) is 0 Å². The fourth-order valence-electron chi connectivity index (χ4n) is 5.44. The average Bonchev–Trinajstić information content (AvgIpc) is 3.09. The van der Waals surface area contributed by atoms with Crippen LogP contribution in [-0.2, 0) is 18.4 Å². The van der Waals surface area contributed by atoms with Crippen molar-refractivity contribution in [3.8, 4) is 0 Å². The lowest BCUT2D eigenvalue weighted by Gasteiger charge is -2.23. The van der Waals surface area contributed by atoms with Gasteiger partial charge < -0.3 is 21.1 Å². The predicted octanol–water partition coefficient (Wildman–Crippen LogP) is 10.6. The second kappa shape index (κ2) is 36.3. The highest BCUT2D eigenvalue weighted by Gasteiger charge is 2.26. The number of nitrogens with two attached hydrogens (primary N) is 1. The Balaban J connectivity index is 4.33. The number of carbonyl (C=O) groups is 1. The second-order valence-corrected chi connectivity index (χ2v) is 14.6. The maximum atomic E-state index is 12.7. The first kappa shape index (κ1) is 47.5. The zero-order valence-electron chi connectivity index (χ0n) is 31.4. The van der Waals surface area contributed by atoms with E-state index in [1.54, 1.807) is 6.08 Å². The highest BCUT2D eigenvalue weighted by atomic mass is 31.2. The third-order valence-corrected chi connectivity index (χ3v) is 9.39. The second-order valence-electron chi connectivity index (χ2n) is 13.1. The molecule has 0 saturated heterocycles. The van der Waals surface area contributed by atoms with Gasteiger partial charge in [0.25, 0.3) is 0 Å². The van der Waals surface area contributed by atoms with E-state index in [0.717, 1.165) is 77.0 Å². The summed E-state index contributed by atoms with van der Waals surface area (Å²) in [6, 6.07) is -0.869. The summed E-state index contributed by atoms with van der Waals surface area (Å²) in [4.78, 5) is 22.6. The maximum absolute atomic E-state index is 12.7. The maximum Gasteiger partial charge on any atom is 0.472 e. The molecule has 286 valence electrons. The molecule has 0 saturated carbocycles. The SMILES string of the molecule is CC/C=C\C/C=C\C/C=C\CCCCCCCC(=O)NC(COP(=O)(O)OCCN)C(O)/C=C/CCCCCCCCCCCCCCC. The Kier molecular flexibility index (Phi) is 35.1. The van der Waals surface area contributed by atoms with E-state index in [1.807, 2.05) is 6.08 Å². The van der Waals surface area contributed by atoms with E-state index in [4.69, 9.17) is 14.8 Å². The van der Waals surface area contributed by atoms with Crippen molar-refractivity contribution in [2.75, 3.05) is 19.8 Å². The van der Waals surface area contributed by atoms with Crippen molar-refractivity contribution in [1.82, 2.24) is 5.32 Å². The lowest BCUT2D eigenvalue weighted by atomic mass is 10.0. The van der Waals surface area contributed by atoms with Crippen molar-refractivity contribution in [2.45, 2.75) is 180 Å². The number of hydrogen-bond acceptors (Lipinski definition) is 6. The number of phosphoric acid groups is 1. The van der Waals surface area contributed by atoms with Gasteiger partial charge >= 0.3 is 7.82 Å². The van der Waals surface area contributed by atoms with Gasteiger partial charge in [0, 0.05) is 13.0 Å². The lowest BCUT2D eigenvalue weighted by molar-refractivity contribution is -0.123. The highest BCUT2D eigenvalue weighted by molar-refractivity contribution is 7.47. The summed E-state index contributed by atoms with van der Waals surface area (Å²) in [5.74, 6) is -0.214. The van der Waals surface area contributed by atoms with Crippen LogP contribution in [0.3, 0.4) is 0 Å². The summed E-state index contributed by atoms with van der Waals surface area (Å²) >= 11 is 0. The molecule has 3 atom stereocenters. The summed E-state index contributed by atoms with van der Waals surface area (Å²) in [7, 11) is -4.34. The molecule has 0 aliphatic heterocycles. The van der Waals surface area contributed by atoms with Gasteiger partial charge in [-0.2, -0.15) is 0 Å². The molecule has 0 heterocycles. The topological polar surface area (TPSA) is 131 Å². The summed E-state index contributed by atoms with van der Waals surface area (Å²) < 4.78 is 22.1. The Morgan fingerprint density at radius 2 is 1.18 bits per heavy atom. The lowest BCUT2D eigenvalue weighted by Crippen LogP contribution is -2.45. The average molecular weight is 711 g/mol. The first-order valence-corrected chi connectivity index (χ1v) is 21.3. The predicted molar refractivity (Wildman–Crippen MR) is 207 cm³/mol. The minimum absolute atomic E-state index is 0.0738. The van der Waals surface area contributed by atoms with Crippen LogP contribution >= 0.6 is 7.82 Å². The molecule has 0 aliphatic rings. The molecule has 1 amide bonds. The smallest absolute Gasteiger partial charge is 0.387 e. The van der Waals surface area contributed by atoms with Gasteiger partial charge in [0.1, 0.15) is 0 Å². The Hall–Kier alpha value is -1.54. The van der Waals surface area contributed by atoms with Gasteiger partial charge in [-0.1, -0.05) is 159 Å². The van der Waals surface area contributed by atoms with Gasteiger partial charge in [0.15, 0.2) is 0 Å². The Morgan fingerprint density at radius 3 is 1.73 bits per heavy atom. The molecule has 0 radical (unpaired) electrons. The van der Waals surface area contributed by atoms with E-state index in [1.165, 1.54) is 70.6 Å². The van der Waals surface area contributed by atoms with Crippen LogP contribution in [0.4, 0.5) is 0 Å². The summed E-state index contributed by atoms with van der Waals surface area (Å²) in [6.07, 6.45) is 42.9. The fraction of sp³-hybridized carbons (Fsp3) is 0.775. The molecular formula is C40H75N2O6P. The quantitative estimate of drug-likeness (QED) is 0.0289. The van der Waals surface area contributed by atoms with Crippen molar-refractivity contribution in [1.29, 1.82) is 0 Å². The molecule has 9 heteroatoms. The Morgan fingerprint density at radius 1 is 0.694 bits per heavy atom. The van der Waals surface area contributed by atoms with Gasteiger partial charge in [-0.25, -0.2) is 4.57 Å². The van der Waals surface area contributed by atoms with Crippen LogP contribution in [0.15, 0.2) is 48.6 Å². The molecule has 49 heavy (non-hydrogen) atoms. The van der Waals surface area contributed by atoms with Crippen LogP contribution in [0.2, 0.25) is 0 Å². The Bertz CT molecular complexity index is 907. The van der Waals surface area contributed by atoms with Gasteiger partial charge in [-0.15, -0.1) is 0 Å². The number of unbranched alkanes of at least 4 members (excludes halogenated alkanes) is 18. The van der Waals surface area contributed by atoms with E-state index in [9.17, 15) is 19.4 Å². The molecule has 0 rings (SSSR count). The van der Waals surface area contributed by atoms with E-state index in [0.29, 0.717) is 6.42 Å². The molecule has 0 aromatic carbocycles. The van der Waals surface area contributed by atoms with Gasteiger partial charge in [-0.3, -0.25) is 13.8 Å². The van der Waals surface area contributed by atoms with Crippen LogP contribution in [0.5, 0.6) is 0 Å². The molecule has 0 aliphatic carbocycles. The summed E-state index contributed by atoms with van der Waals surface area (Å²) in [5.41, 5.74) is 5.36. The molecule has 5 N–H and O–H groups in total. The van der Waals surface area contributed by atoms with Crippen LogP contribution in [0.1, 0.15) is 168 Å². The number of carbonyl (C=O) groups excluding carboxylic acids is 1. The number of phosphoric ester groups is 1. The van der Waals surface area contributed by atoms with E-state index < -0.39 is 20.0 Å². The third-order valence-electron chi connectivity index (χ3n) is 8.41. The highest BCUT2D eigenvalue weighted by Crippen LogP contribution is 2.43. The van der Waals surface area contributed by atoms with Crippen LogP contribution in [0, 0.1) is 0 Å². The largest absolute Gasteiger partial charge is 0.472 e. The normalized spacial score (nSPS) is 14.8. The molecular weight excluding hydrogens is 635 g/mol. The number of nitrogens with one attached hydrogen (secondary N) is 1. The third kappa shape index (κ3) is 34.7. The van der Waals surface area contributed by atoms with E-state index in [-0.39, 0.29) is 25.7 Å². The van der Waals surface area contributed by atoms with Crippen molar-refractivity contribution in [3.05, 3.63) is 48.6 Å². The van der Waals surface area contributed by atoms with E-state index >= 15 is 0 Å². The van der Waals surface area contributed by atoms with Crippen molar-refractivity contribution < 1.29 is 28.4 Å². The number of aliphatic hydroxyl groups is 1. The summed E-state index contributed by atoms with van der Waals surface area (Å²) in [6.45, 7) is 3.99. The number of rotatable bonds is 36. The molecule has 0 spiro atoms. The first-order valence-electron chi connectivity index (χ1n) is 19.8. The molecule has 0 aromatic heterocycles. The van der Waals surface area contributed by atoms with Crippen LogP contribution in [-0.4, -0.2) is 47.8 Å². The number of hydrogen-bond donors (Lipinski definition) is 4. The zero-order chi connectivity index (χ0) is 36.1. The monoisotopic (exact) mass is 711 g/mol. The minimum Gasteiger partial charge on any atom is -0.387 e. The molecule has 0 aromatic rings. The molecule has 0 fully saturated rings. The zero-order valence-corrected chi connectivity index (χ0v) is 32.3. The number of amides is 1. The van der Waals surface area contributed by atoms with E-state index in [2.05, 4.69) is 55.6 Å². The number of aliphatic hydroxyl groups excluding tert-OH is 1. The number of allylic oxidation sites excluding steroid dienone is 7. The van der Waals surface area contributed by atoms with Gasteiger partial charge in [0.05, 0.1) is 25.4 Å². The van der Waals surface area contributed by atoms with Crippen LogP contribution < -0.4 is 11.1 Å². The standard InChI is InChI=1S/C40H75N2O6P/c1-3-5-7-9-11-13-15-17-19-21-23-25-27-29-31-33-39(43)38(37-48-49(45,46)47-36-35-41)42-40(44)34-32-30-28-26-24-22-20-18-16-14-12-10-8-6-4-2/h6,8,12,14,18,20,31,33,38-39,43H,3-5,7,9-11,13,15-17,19,21-30,32,34-37,41H2,1-2H3,(H,42,44)(H,45,46)/b8-6-,14-12-,20-18-,33-31+. The Labute approximate surface area is 301 Å². The van der Waals surface area contributed by atoms with Crippen molar-refractivity contribution in [2.24, 2.45) is 5.73 Å². The summed E-state index contributed by atoms with van der Waals surface area (Å²) in [5, 5.41) is 13.6. The first-order chi connectivity index (χ1) is 23.9. The minimum atomic E-state index is -4.34. The fourth-order valence-corrected chi connectivity index (χ4v) is 6.20. The molecule has 0 bridgehead atoms. The van der Waals surface area contributed by atoms with Crippen molar-refractivity contribution in [3.63, 3.8) is 0 Å². The van der Waals surface area contributed by atoms with Gasteiger partial charge in [-0.05, 0) is 51.4 Å². The molecule has 3 unspecified atom stereocenters.